The number of rotatable bonds is 4. The van der Waals surface area contributed by atoms with Crippen molar-refractivity contribution in [2.24, 2.45) is 15.4 Å². The highest BCUT2D eigenvalue weighted by Gasteiger charge is 2.15. The predicted molar refractivity (Wildman–Crippen MR) is 39.6 cm³/mol. The zero-order valence-electron chi connectivity index (χ0n) is 5.70. The van der Waals surface area contributed by atoms with Crippen LogP contribution in [0.2, 0.25) is 0 Å². The molecule has 0 radical (unpaired) electrons. The van der Waals surface area contributed by atoms with Gasteiger partial charge in [0.1, 0.15) is 0 Å². The van der Waals surface area contributed by atoms with Gasteiger partial charge in [-0.1, -0.05) is 5.16 Å². The van der Waals surface area contributed by atoms with E-state index in [2.05, 4.69) is 14.5 Å². The maximum Gasteiger partial charge on any atom is 0.361 e. The Morgan fingerprint density at radius 1 is 1.75 bits per heavy atom. The summed E-state index contributed by atoms with van der Waals surface area (Å²) in [6, 6.07) is 0. The van der Waals surface area contributed by atoms with Gasteiger partial charge in [-0.2, -0.15) is 4.51 Å². The summed E-state index contributed by atoms with van der Waals surface area (Å²) in [4.78, 5) is 14.1. The highest BCUT2D eigenvalue weighted by molar-refractivity contribution is 6.65. The van der Waals surface area contributed by atoms with Crippen LogP contribution in [0.3, 0.4) is 0 Å². The number of oxime groups is 1. The predicted octanol–water partition coefficient (Wildman–Crippen LogP) is -0.118. The molecule has 0 aromatic heterocycles. The summed E-state index contributed by atoms with van der Waals surface area (Å²) in [6.07, 6.45) is 0. The first-order valence-electron chi connectivity index (χ1n) is 2.57. The van der Waals surface area contributed by atoms with E-state index in [0.717, 1.165) is 0 Å². The third kappa shape index (κ3) is 3.15. The Morgan fingerprint density at radius 2 is 2.33 bits per heavy atom. The smallest absolute Gasteiger partial charge is 0.361 e. The zero-order chi connectivity index (χ0) is 9.56. The summed E-state index contributed by atoms with van der Waals surface area (Å²) in [7, 11) is 0. The van der Waals surface area contributed by atoms with E-state index >= 15 is 0 Å². The molecule has 0 heterocycles. The first kappa shape index (κ1) is 10.6. The van der Waals surface area contributed by atoms with Crippen LogP contribution >= 0.6 is 11.8 Å². The molecule has 0 aliphatic rings. The van der Waals surface area contributed by atoms with Gasteiger partial charge in [-0.25, -0.2) is 9.18 Å². The molecule has 0 spiro atoms. The van der Waals surface area contributed by atoms with E-state index in [1.54, 1.807) is 0 Å². The number of alkyl halides is 1. The summed E-state index contributed by atoms with van der Waals surface area (Å²) >= 11 is 4.84. The number of carbonyl (C=O) groups is 1. The zero-order valence-corrected chi connectivity index (χ0v) is 6.45. The first-order valence-corrected chi connectivity index (χ1v) is 2.91. The van der Waals surface area contributed by atoms with Gasteiger partial charge in [0, 0.05) is 11.8 Å². The lowest BCUT2D eigenvalue weighted by molar-refractivity contribution is -0.129. The molecule has 3 N–H and O–H groups in total. The Balaban J connectivity index is 4.55. The summed E-state index contributed by atoms with van der Waals surface area (Å²) in [5.74, 6) is -2.07. The number of aliphatic carboxylic acids is 1. The lowest BCUT2D eigenvalue weighted by Crippen LogP contribution is -2.30. The number of nitrogens with zero attached hydrogens (tertiary/aromatic N) is 2. The Bertz CT molecular complexity index is 230. The third-order valence-corrected chi connectivity index (χ3v) is 0.923. The van der Waals surface area contributed by atoms with Crippen LogP contribution in [-0.4, -0.2) is 29.5 Å². The number of halogens is 2. The third-order valence-electron chi connectivity index (χ3n) is 0.741. The molecular weight excluding hydrogens is 193 g/mol. The number of carboxylic acid groups (broad SMARTS) is 1. The average Bonchev–Trinajstić information content (AvgIpc) is 2.04. The molecule has 0 aliphatic heterocycles. The van der Waals surface area contributed by atoms with Crippen LogP contribution in [0.5, 0.6) is 0 Å². The number of hydrogen-bond acceptors (Lipinski definition) is 4. The van der Waals surface area contributed by atoms with Crippen molar-refractivity contribution in [1.29, 1.82) is 0 Å². The minimum Gasteiger partial charge on any atom is -0.476 e. The molecule has 0 fully saturated rings. The molecule has 68 valence electrons. The van der Waals surface area contributed by atoms with Crippen LogP contribution in [0.25, 0.3) is 0 Å². The van der Waals surface area contributed by atoms with E-state index in [0.29, 0.717) is 0 Å². The fraction of sp³-hybridized carbons (Fsp3) is 0.250. The average molecular weight is 198 g/mol. The second-order valence-electron chi connectivity index (χ2n) is 1.45. The molecule has 6 nitrogen and oxygen atoms in total. The normalized spacial score (nSPS) is 12.8. The molecule has 0 saturated heterocycles. The molecule has 0 aromatic carbocycles. The number of nitrogens with two attached hydrogens (primary N) is 1. The second-order valence-corrected chi connectivity index (χ2v) is 1.62. The highest BCUT2D eigenvalue weighted by atomic mass is 35.5. The Hall–Kier alpha value is -1.37. The van der Waals surface area contributed by atoms with Crippen molar-refractivity contribution in [2.75, 3.05) is 6.86 Å². The standard InChI is InChI=1S/C4H5ClFN3O3/c5-8-3(7)2(4(10)11)9-12-1-6/h1H2,(H2,7,8)(H,10,11). The number of carboxylic acids is 1. The van der Waals surface area contributed by atoms with Crippen molar-refractivity contribution in [1.82, 2.24) is 0 Å². The maximum atomic E-state index is 11.3. The molecule has 0 saturated carbocycles. The summed E-state index contributed by atoms with van der Waals surface area (Å²) in [6.45, 7) is -1.26. The van der Waals surface area contributed by atoms with Gasteiger partial charge >= 0.3 is 5.97 Å². The van der Waals surface area contributed by atoms with E-state index in [9.17, 15) is 9.18 Å². The fourth-order valence-electron chi connectivity index (χ4n) is 0.324. The summed E-state index contributed by atoms with van der Waals surface area (Å²) < 4.78 is 14.2. The van der Waals surface area contributed by atoms with Crippen molar-refractivity contribution >= 4 is 29.3 Å². The molecule has 0 atom stereocenters. The van der Waals surface area contributed by atoms with Gasteiger partial charge in [-0.15, -0.1) is 0 Å². The van der Waals surface area contributed by atoms with Crippen LogP contribution < -0.4 is 5.73 Å². The SMILES string of the molecule is NC(=NCl)C(=NOCF)C(=O)O. The molecule has 0 amide bonds. The van der Waals surface area contributed by atoms with Gasteiger partial charge < -0.3 is 15.7 Å². The van der Waals surface area contributed by atoms with Crippen LogP contribution in [0.1, 0.15) is 0 Å². The molecule has 0 aliphatic carbocycles. The Morgan fingerprint density at radius 3 is 2.67 bits per heavy atom. The monoisotopic (exact) mass is 197 g/mol. The minimum absolute atomic E-state index is 0.558. The molecular formula is C4H5ClFN3O3. The topological polar surface area (TPSA) is 97.3 Å². The minimum atomic E-state index is -1.51. The van der Waals surface area contributed by atoms with E-state index in [1.165, 1.54) is 0 Å². The van der Waals surface area contributed by atoms with Gasteiger partial charge in [0.2, 0.25) is 5.71 Å². The summed E-state index contributed by atoms with van der Waals surface area (Å²) in [5, 5.41) is 11.2. The molecule has 8 heteroatoms. The fourth-order valence-corrected chi connectivity index (χ4v) is 0.404. The molecule has 0 rings (SSSR count). The number of hydrogen-bond donors (Lipinski definition) is 2. The molecule has 0 aromatic rings. The van der Waals surface area contributed by atoms with Crippen molar-refractivity contribution < 1.29 is 19.1 Å². The van der Waals surface area contributed by atoms with Crippen molar-refractivity contribution in [2.45, 2.75) is 0 Å². The Kier molecular flexibility index (Phi) is 4.70. The van der Waals surface area contributed by atoms with Crippen LogP contribution in [0.15, 0.2) is 9.67 Å². The second kappa shape index (κ2) is 5.30. The lowest BCUT2D eigenvalue weighted by Gasteiger charge is -1.96. The Labute approximate surface area is 71.6 Å². The van der Waals surface area contributed by atoms with Crippen molar-refractivity contribution in [3.63, 3.8) is 0 Å². The van der Waals surface area contributed by atoms with Crippen LogP contribution in [-0.2, 0) is 9.63 Å². The number of amidine groups is 1. The van der Waals surface area contributed by atoms with Crippen LogP contribution in [0.4, 0.5) is 4.39 Å². The van der Waals surface area contributed by atoms with E-state index in [4.69, 9.17) is 22.6 Å². The molecule has 12 heavy (non-hydrogen) atoms. The van der Waals surface area contributed by atoms with E-state index in [1.807, 2.05) is 0 Å². The van der Waals surface area contributed by atoms with Crippen LogP contribution in [0, 0.1) is 0 Å². The van der Waals surface area contributed by atoms with Gasteiger partial charge in [0.05, 0.1) is 0 Å². The molecule has 0 bridgehead atoms. The van der Waals surface area contributed by atoms with Gasteiger partial charge in [-0.3, -0.25) is 0 Å². The van der Waals surface area contributed by atoms with Gasteiger partial charge in [-0.05, 0) is 0 Å². The highest BCUT2D eigenvalue weighted by Crippen LogP contribution is 1.87. The van der Waals surface area contributed by atoms with Gasteiger partial charge in [0.15, 0.2) is 5.84 Å². The largest absolute Gasteiger partial charge is 0.476 e. The van der Waals surface area contributed by atoms with Crippen molar-refractivity contribution in [3.05, 3.63) is 0 Å². The van der Waals surface area contributed by atoms with Crippen molar-refractivity contribution in [3.8, 4) is 0 Å². The van der Waals surface area contributed by atoms with E-state index in [-0.39, 0.29) is 0 Å². The van der Waals surface area contributed by atoms with E-state index < -0.39 is 24.4 Å². The van der Waals surface area contributed by atoms with Gasteiger partial charge in [0.25, 0.3) is 6.86 Å². The quantitative estimate of drug-likeness (QED) is 0.373. The molecule has 0 unspecified atom stereocenters. The lowest BCUT2D eigenvalue weighted by atomic mass is 10.4. The summed E-state index contributed by atoms with van der Waals surface area (Å²) in [5.41, 5.74) is 4.22. The maximum absolute atomic E-state index is 11.3. The first-order chi connectivity index (χ1) is 5.63.